The van der Waals surface area contributed by atoms with Gasteiger partial charge in [0, 0.05) is 32.4 Å². The molecule has 3 rings (SSSR count). The summed E-state index contributed by atoms with van der Waals surface area (Å²) in [5.74, 6) is 0. The van der Waals surface area contributed by atoms with Crippen molar-refractivity contribution < 1.29 is 0 Å². The van der Waals surface area contributed by atoms with Gasteiger partial charge in [-0.25, -0.2) is 4.98 Å². The van der Waals surface area contributed by atoms with Gasteiger partial charge in [-0.1, -0.05) is 24.3 Å². The summed E-state index contributed by atoms with van der Waals surface area (Å²) in [5.41, 5.74) is 1.24. The summed E-state index contributed by atoms with van der Waals surface area (Å²) in [6, 6.07) is 11.1. The molecular weight excluding hydrogens is 254 g/mol. The molecule has 2 heterocycles. The second-order valence-electron chi connectivity index (χ2n) is 4.99. The van der Waals surface area contributed by atoms with Crippen molar-refractivity contribution in [3.8, 4) is 10.4 Å². The summed E-state index contributed by atoms with van der Waals surface area (Å²) in [7, 11) is 2.19. The molecule has 1 aromatic carbocycles. The van der Waals surface area contributed by atoms with E-state index >= 15 is 0 Å². The minimum absolute atomic E-state index is 0.984. The van der Waals surface area contributed by atoms with Crippen molar-refractivity contribution in [2.45, 2.75) is 6.54 Å². The number of hydrogen-bond acceptors (Lipinski definition) is 4. The van der Waals surface area contributed by atoms with E-state index in [1.54, 1.807) is 11.3 Å². The molecule has 0 aliphatic carbocycles. The van der Waals surface area contributed by atoms with Crippen molar-refractivity contribution in [2.24, 2.45) is 0 Å². The molecular formula is C15H18N3S. The minimum Gasteiger partial charge on any atom is -0.304 e. The lowest BCUT2D eigenvalue weighted by molar-refractivity contribution is 0.148. The maximum Gasteiger partial charge on any atom is 0.107 e. The summed E-state index contributed by atoms with van der Waals surface area (Å²) in [6.45, 7) is 5.59. The molecule has 0 N–H and O–H groups in total. The van der Waals surface area contributed by atoms with Crippen LogP contribution in [0.25, 0.3) is 10.4 Å². The van der Waals surface area contributed by atoms with Gasteiger partial charge in [0.15, 0.2) is 0 Å². The van der Waals surface area contributed by atoms with Crippen LogP contribution in [0, 0.1) is 6.07 Å². The van der Waals surface area contributed by atoms with E-state index in [-0.39, 0.29) is 0 Å². The number of likely N-dealkylation sites (N-methyl/N-ethyl adjacent to an activating group) is 1. The highest BCUT2D eigenvalue weighted by Gasteiger charge is 2.15. The molecule has 3 nitrogen and oxygen atoms in total. The Hall–Kier alpha value is -1.23. The first-order valence-corrected chi connectivity index (χ1v) is 7.45. The molecule has 1 aromatic heterocycles. The molecule has 2 aromatic rings. The Balaban J connectivity index is 1.65. The summed E-state index contributed by atoms with van der Waals surface area (Å²) in [6.07, 6.45) is 1.99. The van der Waals surface area contributed by atoms with E-state index in [1.807, 2.05) is 18.3 Å². The van der Waals surface area contributed by atoms with Crippen LogP contribution in [-0.2, 0) is 6.54 Å². The predicted octanol–water partition coefficient (Wildman–Crippen LogP) is 2.36. The van der Waals surface area contributed by atoms with Crippen molar-refractivity contribution in [2.75, 3.05) is 33.2 Å². The van der Waals surface area contributed by atoms with Crippen LogP contribution in [0.2, 0.25) is 0 Å². The van der Waals surface area contributed by atoms with E-state index in [2.05, 4.69) is 40.0 Å². The summed E-state index contributed by atoms with van der Waals surface area (Å²) < 4.78 is 0. The lowest BCUT2D eigenvalue weighted by Crippen LogP contribution is -2.43. The Morgan fingerprint density at radius 1 is 1.21 bits per heavy atom. The van der Waals surface area contributed by atoms with Crippen LogP contribution in [0.3, 0.4) is 0 Å². The Morgan fingerprint density at radius 3 is 2.68 bits per heavy atom. The van der Waals surface area contributed by atoms with Gasteiger partial charge < -0.3 is 4.90 Å². The van der Waals surface area contributed by atoms with Crippen LogP contribution in [0.1, 0.15) is 5.01 Å². The smallest absolute Gasteiger partial charge is 0.107 e. The average molecular weight is 272 g/mol. The van der Waals surface area contributed by atoms with Crippen molar-refractivity contribution in [1.82, 2.24) is 14.8 Å². The van der Waals surface area contributed by atoms with Gasteiger partial charge in [-0.15, -0.1) is 11.3 Å². The van der Waals surface area contributed by atoms with Crippen molar-refractivity contribution in [3.05, 3.63) is 41.5 Å². The first kappa shape index (κ1) is 12.8. The highest BCUT2D eigenvalue weighted by Crippen LogP contribution is 2.26. The fourth-order valence-electron chi connectivity index (χ4n) is 2.27. The molecule has 0 amide bonds. The predicted molar refractivity (Wildman–Crippen MR) is 79.2 cm³/mol. The molecule has 0 saturated carbocycles. The third-order valence-corrected chi connectivity index (χ3v) is 4.54. The molecule has 0 unspecified atom stereocenters. The van der Waals surface area contributed by atoms with E-state index in [4.69, 9.17) is 0 Å². The zero-order chi connectivity index (χ0) is 13.1. The maximum atomic E-state index is 4.56. The monoisotopic (exact) mass is 272 g/mol. The SMILES string of the molecule is CN1CCN(Cc2ncc(-c3cc[c]cc3)s2)CC1. The molecule has 1 aliphatic rings. The number of hydrogen-bond donors (Lipinski definition) is 0. The van der Waals surface area contributed by atoms with E-state index in [9.17, 15) is 0 Å². The van der Waals surface area contributed by atoms with E-state index in [0.717, 1.165) is 32.7 Å². The van der Waals surface area contributed by atoms with Gasteiger partial charge in [0.05, 0.1) is 11.4 Å². The van der Waals surface area contributed by atoms with Gasteiger partial charge in [-0.2, -0.15) is 0 Å². The molecule has 1 saturated heterocycles. The van der Waals surface area contributed by atoms with Crippen molar-refractivity contribution in [3.63, 3.8) is 0 Å². The van der Waals surface area contributed by atoms with Crippen molar-refractivity contribution in [1.29, 1.82) is 0 Å². The lowest BCUT2D eigenvalue weighted by atomic mass is 10.2. The molecule has 99 valence electrons. The van der Waals surface area contributed by atoms with Gasteiger partial charge in [0.2, 0.25) is 0 Å². The second-order valence-corrected chi connectivity index (χ2v) is 6.10. The van der Waals surface area contributed by atoms with Gasteiger partial charge >= 0.3 is 0 Å². The number of aromatic nitrogens is 1. The lowest BCUT2D eigenvalue weighted by Gasteiger charge is -2.31. The number of benzene rings is 1. The highest BCUT2D eigenvalue weighted by molar-refractivity contribution is 7.15. The minimum atomic E-state index is 0.984. The topological polar surface area (TPSA) is 19.4 Å². The van der Waals surface area contributed by atoms with Gasteiger partial charge in [0.25, 0.3) is 0 Å². The van der Waals surface area contributed by atoms with Crippen LogP contribution in [-0.4, -0.2) is 48.0 Å². The number of thiazole rings is 1. The fourth-order valence-corrected chi connectivity index (χ4v) is 3.23. The van der Waals surface area contributed by atoms with Gasteiger partial charge in [-0.05, 0) is 18.7 Å². The van der Waals surface area contributed by atoms with Crippen LogP contribution < -0.4 is 0 Å². The molecule has 0 spiro atoms. The van der Waals surface area contributed by atoms with Crippen LogP contribution in [0.5, 0.6) is 0 Å². The molecule has 0 bridgehead atoms. The Kier molecular flexibility index (Phi) is 3.92. The number of piperazine rings is 1. The standard InChI is InChI=1S/C15H18N3S/c1-17-7-9-18(10-8-17)12-15-16-11-14(19-15)13-5-3-2-4-6-13/h3-6,11H,7-10,12H2,1H3. The fraction of sp³-hybridized carbons (Fsp3) is 0.400. The summed E-state index contributed by atoms with van der Waals surface area (Å²) >= 11 is 1.80. The van der Waals surface area contributed by atoms with Crippen molar-refractivity contribution >= 4 is 11.3 Å². The molecule has 1 aliphatic heterocycles. The molecule has 1 radical (unpaired) electrons. The zero-order valence-corrected chi connectivity index (χ0v) is 12.0. The Labute approximate surface area is 118 Å². The average Bonchev–Trinajstić information content (AvgIpc) is 2.91. The molecule has 0 atom stereocenters. The van der Waals surface area contributed by atoms with Gasteiger partial charge in [-0.3, -0.25) is 4.90 Å². The quantitative estimate of drug-likeness (QED) is 0.855. The van der Waals surface area contributed by atoms with E-state index in [0.29, 0.717) is 0 Å². The summed E-state index contributed by atoms with van der Waals surface area (Å²) in [5, 5.41) is 1.22. The van der Waals surface area contributed by atoms with Gasteiger partial charge in [0.1, 0.15) is 5.01 Å². The highest BCUT2D eigenvalue weighted by atomic mass is 32.1. The molecule has 4 heteroatoms. The third kappa shape index (κ3) is 3.21. The Bertz CT molecular complexity index is 515. The Morgan fingerprint density at radius 2 is 1.95 bits per heavy atom. The number of nitrogens with zero attached hydrogens (tertiary/aromatic N) is 3. The zero-order valence-electron chi connectivity index (χ0n) is 11.2. The number of rotatable bonds is 3. The van der Waals surface area contributed by atoms with E-state index in [1.165, 1.54) is 15.4 Å². The third-order valence-electron chi connectivity index (χ3n) is 3.51. The van der Waals surface area contributed by atoms with Crippen LogP contribution >= 0.6 is 11.3 Å². The van der Waals surface area contributed by atoms with Crippen LogP contribution in [0.15, 0.2) is 30.5 Å². The second kappa shape index (κ2) is 5.82. The first-order valence-electron chi connectivity index (χ1n) is 6.63. The van der Waals surface area contributed by atoms with E-state index < -0.39 is 0 Å². The first-order chi connectivity index (χ1) is 9.31. The molecule has 1 fully saturated rings. The van der Waals surface area contributed by atoms with Crippen LogP contribution in [0.4, 0.5) is 0 Å². The normalized spacial score (nSPS) is 17.7. The largest absolute Gasteiger partial charge is 0.304 e. The molecule has 19 heavy (non-hydrogen) atoms. The maximum absolute atomic E-state index is 4.56. The summed E-state index contributed by atoms with van der Waals surface area (Å²) in [4.78, 5) is 10.7.